The van der Waals surface area contributed by atoms with Crippen LogP contribution in [-0.2, 0) is 25.6 Å². The molecule has 6 nitrogen and oxygen atoms in total. The summed E-state index contributed by atoms with van der Waals surface area (Å²) in [6, 6.07) is 9.88. The van der Waals surface area contributed by atoms with Crippen LogP contribution in [0.2, 0.25) is 0 Å². The number of carbonyl (C=O) groups is 2. The SMILES string of the molecule is CC(C)=CCN(C(=O)OC(C)(C)C)/C(C(=O)OC(C)(C)C)=C(\I)CCOCc1ccccc1. The second kappa shape index (κ2) is 13.1. The number of rotatable bonds is 9. The first kappa shape index (κ1) is 29.2. The van der Waals surface area contributed by atoms with E-state index >= 15 is 0 Å². The van der Waals surface area contributed by atoms with Crippen molar-refractivity contribution in [2.75, 3.05) is 13.2 Å². The number of esters is 1. The van der Waals surface area contributed by atoms with E-state index in [-0.39, 0.29) is 12.2 Å². The molecule has 1 amide bonds. The molecule has 0 N–H and O–H groups in total. The van der Waals surface area contributed by atoms with Crippen LogP contribution in [0.25, 0.3) is 0 Å². The van der Waals surface area contributed by atoms with E-state index in [2.05, 4.69) is 22.6 Å². The molecular formula is C26H38INO5. The van der Waals surface area contributed by atoms with Gasteiger partial charge in [-0.05, 0) is 83.5 Å². The van der Waals surface area contributed by atoms with Gasteiger partial charge in [0.25, 0.3) is 0 Å². The van der Waals surface area contributed by atoms with Gasteiger partial charge in [-0.15, -0.1) is 0 Å². The lowest BCUT2D eigenvalue weighted by Crippen LogP contribution is -2.41. The first-order chi connectivity index (χ1) is 15.2. The highest BCUT2D eigenvalue weighted by molar-refractivity contribution is 14.1. The van der Waals surface area contributed by atoms with Crippen molar-refractivity contribution in [3.63, 3.8) is 0 Å². The van der Waals surface area contributed by atoms with Crippen LogP contribution in [0.1, 0.15) is 67.4 Å². The van der Waals surface area contributed by atoms with Gasteiger partial charge in [-0.1, -0.05) is 42.0 Å². The average Bonchev–Trinajstić information content (AvgIpc) is 2.66. The summed E-state index contributed by atoms with van der Waals surface area (Å²) in [5.41, 5.74) is 0.861. The molecule has 184 valence electrons. The molecule has 0 aliphatic heterocycles. The van der Waals surface area contributed by atoms with Crippen molar-refractivity contribution in [3.8, 4) is 0 Å². The van der Waals surface area contributed by atoms with Gasteiger partial charge < -0.3 is 14.2 Å². The molecular weight excluding hydrogens is 533 g/mol. The van der Waals surface area contributed by atoms with Crippen molar-refractivity contribution in [3.05, 3.63) is 56.8 Å². The third kappa shape index (κ3) is 12.2. The number of amides is 1. The van der Waals surface area contributed by atoms with E-state index in [4.69, 9.17) is 14.2 Å². The summed E-state index contributed by atoms with van der Waals surface area (Å²) in [5, 5.41) is 0. The highest BCUT2D eigenvalue weighted by Crippen LogP contribution is 2.26. The van der Waals surface area contributed by atoms with E-state index in [9.17, 15) is 9.59 Å². The van der Waals surface area contributed by atoms with Crippen molar-refractivity contribution >= 4 is 34.7 Å². The summed E-state index contributed by atoms with van der Waals surface area (Å²) in [6.45, 7) is 15.7. The van der Waals surface area contributed by atoms with Gasteiger partial charge in [-0.3, -0.25) is 4.90 Å². The predicted octanol–water partition coefficient (Wildman–Crippen LogP) is 6.78. The number of nitrogens with zero attached hydrogens (tertiary/aromatic N) is 1. The molecule has 1 rings (SSSR count). The van der Waals surface area contributed by atoms with Crippen molar-refractivity contribution in [2.24, 2.45) is 0 Å². The first-order valence-electron chi connectivity index (χ1n) is 11.1. The lowest BCUT2D eigenvalue weighted by atomic mass is 10.2. The van der Waals surface area contributed by atoms with Gasteiger partial charge >= 0.3 is 12.1 Å². The van der Waals surface area contributed by atoms with Crippen molar-refractivity contribution in [1.82, 2.24) is 4.90 Å². The molecule has 0 heterocycles. The highest BCUT2D eigenvalue weighted by Gasteiger charge is 2.32. The van der Waals surface area contributed by atoms with Crippen LogP contribution in [0.15, 0.2) is 51.3 Å². The molecule has 0 atom stereocenters. The number of allylic oxidation sites excluding steroid dienone is 1. The van der Waals surface area contributed by atoms with E-state index < -0.39 is 23.3 Å². The van der Waals surface area contributed by atoms with Crippen LogP contribution < -0.4 is 0 Å². The highest BCUT2D eigenvalue weighted by atomic mass is 127. The minimum Gasteiger partial charge on any atom is -0.455 e. The van der Waals surface area contributed by atoms with E-state index in [1.807, 2.05) is 50.3 Å². The molecule has 0 bridgehead atoms. The zero-order valence-corrected chi connectivity index (χ0v) is 23.3. The molecule has 0 aliphatic rings. The fourth-order valence-corrected chi connectivity index (χ4v) is 3.32. The lowest BCUT2D eigenvalue weighted by molar-refractivity contribution is -0.151. The maximum Gasteiger partial charge on any atom is 0.415 e. The van der Waals surface area contributed by atoms with Crippen molar-refractivity contribution in [1.29, 1.82) is 0 Å². The van der Waals surface area contributed by atoms with Gasteiger partial charge in [0.05, 0.1) is 13.2 Å². The van der Waals surface area contributed by atoms with Gasteiger partial charge in [0.1, 0.15) is 16.9 Å². The van der Waals surface area contributed by atoms with Crippen molar-refractivity contribution < 1.29 is 23.8 Å². The fourth-order valence-electron chi connectivity index (χ4n) is 2.59. The fraction of sp³-hybridized carbons (Fsp3) is 0.538. The van der Waals surface area contributed by atoms with Gasteiger partial charge in [-0.2, -0.15) is 0 Å². The molecule has 1 aromatic rings. The third-order valence-electron chi connectivity index (χ3n) is 3.99. The van der Waals surface area contributed by atoms with Gasteiger partial charge in [-0.25, -0.2) is 9.59 Å². The van der Waals surface area contributed by atoms with E-state index in [1.54, 1.807) is 41.5 Å². The minimum atomic E-state index is -0.709. The second-order valence-electron chi connectivity index (χ2n) is 9.92. The summed E-state index contributed by atoms with van der Waals surface area (Å²) in [7, 11) is 0. The zero-order chi connectivity index (χ0) is 25.2. The number of hydrogen-bond acceptors (Lipinski definition) is 5. The Kier molecular flexibility index (Phi) is 11.6. The Morgan fingerprint density at radius 1 is 0.970 bits per heavy atom. The maximum absolute atomic E-state index is 13.2. The third-order valence-corrected chi connectivity index (χ3v) is 5.04. The van der Waals surface area contributed by atoms with E-state index in [0.29, 0.717) is 23.2 Å². The molecule has 0 unspecified atom stereocenters. The summed E-state index contributed by atoms with van der Waals surface area (Å²) >= 11 is 2.10. The maximum atomic E-state index is 13.2. The van der Waals surface area contributed by atoms with E-state index in [1.165, 1.54) is 4.90 Å². The molecule has 0 aliphatic carbocycles. The van der Waals surface area contributed by atoms with Gasteiger partial charge in [0.2, 0.25) is 0 Å². The van der Waals surface area contributed by atoms with Crippen LogP contribution in [-0.4, -0.2) is 41.3 Å². The lowest BCUT2D eigenvalue weighted by Gasteiger charge is -2.30. The van der Waals surface area contributed by atoms with Crippen LogP contribution in [0.5, 0.6) is 0 Å². The Morgan fingerprint density at radius 2 is 1.55 bits per heavy atom. The summed E-state index contributed by atoms with van der Waals surface area (Å²) in [4.78, 5) is 27.7. The molecule has 1 aromatic carbocycles. The quantitative estimate of drug-likeness (QED) is 0.107. The average molecular weight is 571 g/mol. The number of halogens is 1. The van der Waals surface area contributed by atoms with Crippen LogP contribution in [0.4, 0.5) is 4.79 Å². The molecule has 0 saturated heterocycles. The minimum absolute atomic E-state index is 0.181. The van der Waals surface area contributed by atoms with Crippen LogP contribution in [0, 0.1) is 0 Å². The molecule has 0 aromatic heterocycles. The van der Waals surface area contributed by atoms with Gasteiger partial charge in [0, 0.05) is 16.5 Å². The Morgan fingerprint density at radius 3 is 2.06 bits per heavy atom. The number of hydrogen-bond donors (Lipinski definition) is 0. The normalized spacial score (nSPS) is 12.5. The van der Waals surface area contributed by atoms with Crippen LogP contribution >= 0.6 is 22.6 Å². The smallest absolute Gasteiger partial charge is 0.415 e. The molecule has 0 saturated carbocycles. The second-order valence-corrected chi connectivity index (χ2v) is 11.2. The molecule has 7 heteroatoms. The Balaban J connectivity index is 3.20. The molecule has 33 heavy (non-hydrogen) atoms. The largest absolute Gasteiger partial charge is 0.455 e. The molecule has 0 spiro atoms. The first-order valence-corrected chi connectivity index (χ1v) is 12.1. The standard InChI is InChI=1S/C26H38INO5/c1-19(2)14-16-28(24(30)33-26(6,7)8)22(23(29)32-25(3,4)5)21(27)15-17-31-18-20-12-10-9-11-13-20/h9-14H,15-18H2,1-8H3/b22-21-. The topological polar surface area (TPSA) is 65.1 Å². The number of carbonyl (C=O) groups excluding carboxylic acids is 2. The summed E-state index contributed by atoms with van der Waals surface area (Å²) in [5.74, 6) is -0.567. The summed E-state index contributed by atoms with van der Waals surface area (Å²) < 4.78 is 17.7. The van der Waals surface area contributed by atoms with E-state index in [0.717, 1.165) is 11.1 Å². The predicted molar refractivity (Wildman–Crippen MR) is 140 cm³/mol. The molecule has 0 fully saturated rings. The number of ether oxygens (including phenoxy) is 3. The zero-order valence-electron chi connectivity index (χ0n) is 21.2. The number of benzene rings is 1. The Hall–Kier alpha value is -1.87. The van der Waals surface area contributed by atoms with Crippen molar-refractivity contribution in [2.45, 2.75) is 79.6 Å². The van der Waals surface area contributed by atoms with Gasteiger partial charge in [0.15, 0.2) is 0 Å². The Bertz CT molecular complexity index is 844. The Labute approximate surface area is 212 Å². The monoisotopic (exact) mass is 571 g/mol. The summed E-state index contributed by atoms with van der Waals surface area (Å²) in [6.07, 6.45) is 1.74. The van der Waals surface area contributed by atoms with Crippen LogP contribution in [0.3, 0.4) is 0 Å². The molecule has 0 radical (unpaired) electrons.